The van der Waals surface area contributed by atoms with E-state index in [1.165, 1.54) is 36.1 Å². The molecule has 0 saturated heterocycles. The molecule has 26 heavy (non-hydrogen) atoms. The third-order valence-corrected chi connectivity index (χ3v) is 4.96. The molecule has 0 aromatic heterocycles. The maximum Gasteiger partial charge on any atom is 0.234 e. The molecule has 0 bridgehead atoms. The zero-order chi connectivity index (χ0) is 19.2. The summed E-state index contributed by atoms with van der Waals surface area (Å²) in [5.41, 5.74) is 3.14. The number of carbonyl (C=O) groups excluding carboxylic acids is 1. The molecule has 140 valence electrons. The molecule has 6 nitrogen and oxygen atoms in total. The van der Waals surface area contributed by atoms with Crippen molar-refractivity contribution in [3.05, 3.63) is 53.6 Å². The number of anilines is 2. The van der Waals surface area contributed by atoms with Crippen molar-refractivity contribution in [2.75, 3.05) is 29.2 Å². The fourth-order valence-electron chi connectivity index (χ4n) is 2.33. The fraction of sp³-hybridized carbons (Fsp3) is 0.278. The van der Waals surface area contributed by atoms with Crippen LogP contribution in [0.5, 0.6) is 5.75 Å². The topological polar surface area (TPSA) is 84.5 Å². The number of aryl methyl sites for hydroxylation is 1. The first-order chi connectivity index (χ1) is 12.3. The Morgan fingerprint density at radius 1 is 1.19 bits per heavy atom. The normalized spacial score (nSPS) is 11.0. The van der Waals surface area contributed by atoms with Crippen LogP contribution < -0.4 is 14.8 Å². The molecule has 2 aromatic carbocycles. The molecule has 0 aliphatic heterocycles. The summed E-state index contributed by atoms with van der Waals surface area (Å²) < 4.78 is 30.4. The monoisotopic (exact) mass is 394 g/mol. The lowest BCUT2D eigenvalue weighted by molar-refractivity contribution is -0.113. The lowest BCUT2D eigenvalue weighted by Gasteiger charge is -2.12. The van der Waals surface area contributed by atoms with E-state index in [0.717, 1.165) is 12.0 Å². The first kappa shape index (κ1) is 20.1. The van der Waals surface area contributed by atoms with E-state index in [1.807, 2.05) is 25.1 Å². The van der Waals surface area contributed by atoms with Crippen LogP contribution >= 0.6 is 11.8 Å². The summed E-state index contributed by atoms with van der Waals surface area (Å²) in [6.45, 7) is 2.03. The molecule has 0 radical (unpaired) electrons. The van der Waals surface area contributed by atoms with Gasteiger partial charge in [0, 0.05) is 11.4 Å². The summed E-state index contributed by atoms with van der Waals surface area (Å²) >= 11 is 1.52. The van der Waals surface area contributed by atoms with Gasteiger partial charge in [-0.2, -0.15) is 0 Å². The van der Waals surface area contributed by atoms with Gasteiger partial charge in [-0.05, 0) is 30.7 Å². The Morgan fingerprint density at radius 2 is 1.96 bits per heavy atom. The van der Waals surface area contributed by atoms with Gasteiger partial charge in [0.15, 0.2) is 0 Å². The number of benzene rings is 2. The average molecular weight is 395 g/mol. The molecule has 0 aliphatic carbocycles. The number of amides is 1. The van der Waals surface area contributed by atoms with E-state index in [9.17, 15) is 13.2 Å². The third kappa shape index (κ3) is 6.61. The van der Waals surface area contributed by atoms with E-state index in [2.05, 4.69) is 16.1 Å². The second-order valence-corrected chi connectivity index (χ2v) is 8.55. The van der Waals surface area contributed by atoms with Gasteiger partial charge in [-0.1, -0.05) is 29.8 Å². The van der Waals surface area contributed by atoms with E-state index in [-0.39, 0.29) is 11.6 Å². The van der Waals surface area contributed by atoms with Gasteiger partial charge in [0.1, 0.15) is 5.75 Å². The predicted octanol–water partition coefficient (Wildman–Crippen LogP) is 3.25. The molecule has 0 unspecified atom stereocenters. The molecule has 0 saturated carbocycles. The van der Waals surface area contributed by atoms with Crippen LogP contribution in [-0.2, 0) is 20.6 Å². The van der Waals surface area contributed by atoms with Gasteiger partial charge < -0.3 is 10.1 Å². The Bertz CT molecular complexity index is 883. The summed E-state index contributed by atoms with van der Waals surface area (Å²) in [5.74, 6) is 1.27. The maximum atomic E-state index is 12.1. The van der Waals surface area contributed by atoms with Crippen LogP contribution in [0.15, 0.2) is 42.5 Å². The van der Waals surface area contributed by atoms with Crippen molar-refractivity contribution in [1.82, 2.24) is 0 Å². The average Bonchev–Trinajstić information content (AvgIpc) is 2.53. The van der Waals surface area contributed by atoms with Crippen LogP contribution in [0, 0.1) is 6.92 Å². The van der Waals surface area contributed by atoms with Gasteiger partial charge in [-0.3, -0.25) is 9.52 Å². The Balaban J connectivity index is 1.94. The second-order valence-electron chi connectivity index (χ2n) is 5.82. The van der Waals surface area contributed by atoms with E-state index in [1.54, 1.807) is 12.1 Å². The summed E-state index contributed by atoms with van der Waals surface area (Å²) in [7, 11) is -2.00. The van der Waals surface area contributed by atoms with Gasteiger partial charge >= 0.3 is 0 Å². The zero-order valence-corrected chi connectivity index (χ0v) is 16.5. The maximum absolute atomic E-state index is 12.1. The minimum atomic E-state index is -3.45. The number of hydrogen-bond donors (Lipinski definition) is 2. The van der Waals surface area contributed by atoms with Crippen LogP contribution in [0.3, 0.4) is 0 Å². The fourth-order valence-corrected chi connectivity index (χ4v) is 3.66. The largest absolute Gasteiger partial charge is 0.495 e. The number of hydrogen-bond acceptors (Lipinski definition) is 5. The SMILES string of the molecule is COc1ccc(NC(=O)CSCc2cccc(C)c2)cc1NS(C)(=O)=O. The van der Waals surface area contributed by atoms with Gasteiger partial charge in [-0.15, -0.1) is 11.8 Å². The minimum absolute atomic E-state index is 0.155. The lowest BCUT2D eigenvalue weighted by atomic mass is 10.2. The van der Waals surface area contributed by atoms with Crippen molar-refractivity contribution < 1.29 is 17.9 Å². The zero-order valence-electron chi connectivity index (χ0n) is 14.9. The number of carbonyl (C=O) groups is 1. The van der Waals surface area contributed by atoms with E-state index in [0.29, 0.717) is 17.2 Å². The summed E-state index contributed by atoms with van der Waals surface area (Å²) in [4.78, 5) is 12.1. The molecule has 2 N–H and O–H groups in total. The third-order valence-electron chi connectivity index (χ3n) is 3.36. The Hall–Kier alpha value is -2.19. The number of methoxy groups -OCH3 is 1. The first-order valence-corrected chi connectivity index (χ1v) is 10.9. The second kappa shape index (κ2) is 8.95. The van der Waals surface area contributed by atoms with Gasteiger partial charge in [0.05, 0.1) is 24.8 Å². The molecule has 0 heterocycles. The standard InChI is InChI=1S/C18H22N2O4S2/c1-13-5-4-6-14(9-13)11-25-12-18(21)19-15-7-8-17(24-2)16(10-15)20-26(3,22)23/h4-10,20H,11-12H2,1-3H3,(H,19,21). The quantitative estimate of drug-likeness (QED) is 0.718. The van der Waals surface area contributed by atoms with Crippen LogP contribution in [0.1, 0.15) is 11.1 Å². The Morgan fingerprint density at radius 3 is 2.62 bits per heavy atom. The van der Waals surface area contributed by atoms with Gasteiger partial charge in [0.25, 0.3) is 0 Å². The highest BCUT2D eigenvalue weighted by Gasteiger charge is 2.11. The van der Waals surface area contributed by atoms with Gasteiger partial charge in [0.2, 0.25) is 15.9 Å². The summed E-state index contributed by atoms with van der Waals surface area (Å²) in [5, 5.41) is 2.77. The number of ether oxygens (including phenoxy) is 1. The minimum Gasteiger partial charge on any atom is -0.495 e. The van der Waals surface area contributed by atoms with Gasteiger partial charge in [-0.25, -0.2) is 8.42 Å². The molecular weight excluding hydrogens is 372 g/mol. The van der Waals surface area contributed by atoms with Crippen LogP contribution in [0.25, 0.3) is 0 Å². The van der Waals surface area contributed by atoms with Crippen LogP contribution in [0.4, 0.5) is 11.4 Å². The lowest BCUT2D eigenvalue weighted by Crippen LogP contribution is -2.15. The predicted molar refractivity (Wildman–Crippen MR) is 107 cm³/mol. The van der Waals surface area contributed by atoms with Crippen LogP contribution in [0.2, 0.25) is 0 Å². The Labute approximate surface area is 158 Å². The van der Waals surface area contributed by atoms with Crippen molar-refractivity contribution >= 4 is 39.1 Å². The number of sulfonamides is 1. The molecule has 0 spiro atoms. The van der Waals surface area contributed by atoms with E-state index in [4.69, 9.17) is 4.74 Å². The molecule has 0 fully saturated rings. The summed E-state index contributed by atoms with van der Waals surface area (Å²) in [6, 6.07) is 13.0. The van der Waals surface area contributed by atoms with Crippen molar-refractivity contribution in [3.63, 3.8) is 0 Å². The highest BCUT2D eigenvalue weighted by atomic mass is 32.2. The number of rotatable bonds is 8. The number of nitrogens with one attached hydrogen (secondary N) is 2. The highest BCUT2D eigenvalue weighted by Crippen LogP contribution is 2.28. The molecule has 2 aromatic rings. The van der Waals surface area contributed by atoms with Crippen molar-refractivity contribution in [3.8, 4) is 5.75 Å². The first-order valence-electron chi connectivity index (χ1n) is 7.86. The molecule has 1 amide bonds. The highest BCUT2D eigenvalue weighted by molar-refractivity contribution is 7.99. The van der Waals surface area contributed by atoms with E-state index < -0.39 is 10.0 Å². The molecule has 0 atom stereocenters. The van der Waals surface area contributed by atoms with Crippen molar-refractivity contribution in [1.29, 1.82) is 0 Å². The van der Waals surface area contributed by atoms with Crippen LogP contribution in [-0.4, -0.2) is 33.4 Å². The smallest absolute Gasteiger partial charge is 0.234 e. The van der Waals surface area contributed by atoms with Crippen molar-refractivity contribution in [2.24, 2.45) is 0 Å². The summed E-state index contributed by atoms with van der Waals surface area (Å²) in [6.07, 6.45) is 1.06. The molecular formula is C18H22N2O4S2. The van der Waals surface area contributed by atoms with Crippen molar-refractivity contribution in [2.45, 2.75) is 12.7 Å². The number of thioether (sulfide) groups is 1. The molecule has 8 heteroatoms. The Kier molecular flexibility index (Phi) is 6.93. The van der Waals surface area contributed by atoms with E-state index >= 15 is 0 Å². The molecule has 0 aliphatic rings. The molecule has 2 rings (SSSR count).